The molecular formula is C26H25BrCl2N4O5S. The average Bonchev–Trinajstić information content (AvgIpc) is 3.38. The normalized spacial score (nSPS) is 21.7. The first-order valence-corrected chi connectivity index (χ1v) is 15.2. The second-order valence-corrected chi connectivity index (χ2v) is 13.5. The summed E-state index contributed by atoms with van der Waals surface area (Å²) in [6.45, 7) is 3.28. The molecule has 0 N–H and O–H groups in total. The Kier molecular flexibility index (Phi) is 7.58. The van der Waals surface area contributed by atoms with E-state index in [1.165, 1.54) is 26.9 Å². The molecule has 0 saturated carbocycles. The van der Waals surface area contributed by atoms with Gasteiger partial charge >= 0.3 is 5.97 Å². The Hall–Kier alpha value is -2.44. The van der Waals surface area contributed by atoms with Gasteiger partial charge in [0.2, 0.25) is 5.95 Å². The molecular weight excluding hydrogens is 631 g/mol. The zero-order valence-corrected chi connectivity index (χ0v) is 25.0. The van der Waals surface area contributed by atoms with E-state index in [0.29, 0.717) is 28.6 Å². The summed E-state index contributed by atoms with van der Waals surface area (Å²) in [4.78, 5) is 31.5. The van der Waals surface area contributed by atoms with Crippen LogP contribution in [-0.4, -0.2) is 53.3 Å². The van der Waals surface area contributed by atoms with Crippen LogP contribution in [0.4, 0.5) is 11.6 Å². The third-order valence-corrected chi connectivity index (χ3v) is 9.71. The van der Waals surface area contributed by atoms with E-state index in [2.05, 4.69) is 20.9 Å². The summed E-state index contributed by atoms with van der Waals surface area (Å²) in [5.41, 5.74) is -0.140. The topological polar surface area (TPSA) is 102 Å². The smallest absolute Gasteiger partial charge is 0.302 e. The highest BCUT2D eigenvalue weighted by molar-refractivity contribution is 9.10. The van der Waals surface area contributed by atoms with Crippen LogP contribution in [0.5, 0.6) is 0 Å². The Bertz CT molecular complexity index is 1540. The van der Waals surface area contributed by atoms with Crippen molar-refractivity contribution >= 4 is 72.7 Å². The minimum absolute atomic E-state index is 0.0212. The number of ether oxygens (including phenoxy) is 1. The fourth-order valence-electron chi connectivity index (χ4n) is 5.20. The minimum atomic E-state index is -4.12. The number of fused-ring (bicyclic) bond motifs is 1. The van der Waals surface area contributed by atoms with Gasteiger partial charge in [-0.05, 0) is 55.7 Å². The number of halogens is 3. The Morgan fingerprint density at radius 2 is 1.85 bits per heavy atom. The molecule has 0 bridgehead atoms. The van der Waals surface area contributed by atoms with Crippen molar-refractivity contribution in [3.8, 4) is 0 Å². The maximum Gasteiger partial charge on any atom is 0.302 e. The van der Waals surface area contributed by atoms with Gasteiger partial charge in [0.25, 0.3) is 15.9 Å². The summed E-state index contributed by atoms with van der Waals surface area (Å²) in [5.74, 6) is -0.696. The van der Waals surface area contributed by atoms with Crippen LogP contribution in [0, 0.1) is 0 Å². The van der Waals surface area contributed by atoms with Crippen molar-refractivity contribution in [2.24, 2.45) is 0 Å². The molecule has 1 saturated heterocycles. The zero-order valence-electron chi connectivity index (χ0n) is 21.1. The average molecular weight is 656 g/mol. The number of imidazole rings is 1. The number of piperidine rings is 1. The standard InChI is InChI=1S/C26H25BrCl2N4O5S/c1-16(34)38-22-4-3-9-31(15-22)39(36,37)23-14-30-25-32(21-11-19(28)10-20(29)12-21)24(35)26(2,33(23)25)13-17-5-7-18(27)8-6-17/h5-8,10-12,14,22H,3-4,9,13,15H2,1-2H3. The molecule has 2 atom stereocenters. The number of sulfonamides is 1. The number of hydrogen-bond acceptors (Lipinski definition) is 6. The third-order valence-electron chi connectivity index (χ3n) is 6.91. The van der Waals surface area contributed by atoms with Crippen molar-refractivity contribution < 1.29 is 22.7 Å². The molecule has 1 aromatic heterocycles. The fraction of sp³-hybridized carbons (Fsp3) is 0.346. The highest BCUT2D eigenvalue weighted by Gasteiger charge is 2.52. The lowest BCUT2D eigenvalue weighted by Gasteiger charge is -2.32. The summed E-state index contributed by atoms with van der Waals surface area (Å²) in [5, 5.41) is 0.523. The number of nitrogens with zero attached hydrogens (tertiary/aromatic N) is 4. The van der Waals surface area contributed by atoms with E-state index >= 15 is 0 Å². The van der Waals surface area contributed by atoms with Gasteiger partial charge in [-0.2, -0.15) is 4.31 Å². The highest BCUT2D eigenvalue weighted by Crippen LogP contribution is 2.45. The predicted molar refractivity (Wildman–Crippen MR) is 151 cm³/mol. The lowest BCUT2D eigenvalue weighted by Crippen LogP contribution is -2.46. The highest BCUT2D eigenvalue weighted by atomic mass is 79.9. The van der Waals surface area contributed by atoms with Crippen molar-refractivity contribution in [3.05, 3.63) is 68.7 Å². The molecule has 9 nitrogen and oxygen atoms in total. The first-order chi connectivity index (χ1) is 18.4. The van der Waals surface area contributed by atoms with Crippen LogP contribution < -0.4 is 4.90 Å². The quantitative estimate of drug-likeness (QED) is 0.334. The van der Waals surface area contributed by atoms with E-state index in [-0.39, 0.29) is 36.4 Å². The number of amides is 1. The van der Waals surface area contributed by atoms with E-state index in [9.17, 15) is 18.0 Å². The maximum atomic E-state index is 14.2. The minimum Gasteiger partial charge on any atom is -0.461 e. The van der Waals surface area contributed by atoms with Crippen molar-refractivity contribution in [3.63, 3.8) is 0 Å². The van der Waals surface area contributed by atoms with Crippen molar-refractivity contribution in [2.45, 2.75) is 49.8 Å². The predicted octanol–water partition coefficient (Wildman–Crippen LogP) is 5.30. The summed E-state index contributed by atoms with van der Waals surface area (Å²) < 4.78 is 37.0. The SMILES string of the molecule is CC(=O)OC1CCCN(S(=O)(=O)c2cnc3n2C(C)(Cc2ccc(Br)cc2)C(=O)N3c2cc(Cl)cc(Cl)c2)C1. The van der Waals surface area contributed by atoms with Gasteiger partial charge in [-0.25, -0.2) is 18.3 Å². The molecule has 0 spiro atoms. The molecule has 0 radical (unpaired) electrons. The molecule has 2 aromatic carbocycles. The largest absolute Gasteiger partial charge is 0.461 e. The molecule has 2 aliphatic rings. The van der Waals surface area contributed by atoms with E-state index in [0.717, 1.165) is 10.0 Å². The number of aromatic nitrogens is 2. The number of carbonyl (C=O) groups excluding carboxylic acids is 2. The zero-order chi connectivity index (χ0) is 28.1. The van der Waals surface area contributed by atoms with Crippen LogP contribution in [0.25, 0.3) is 0 Å². The number of carbonyl (C=O) groups is 2. The maximum absolute atomic E-state index is 14.2. The Morgan fingerprint density at radius 1 is 1.18 bits per heavy atom. The van der Waals surface area contributed by atoms with Crippen LogP contribution in [0.15, 0.2) is 58.2 Å². The van der Waals surface area contributed by atoms with Crippen LogP contribution >= 0.6 is 39.1 Å². The number of anilines is 2. The molecule has 2 unspecified atom stereocenters. The van der Waals surface area contributed by atoms with Gasteiger partial charge in [0.05, 0.1) is 18.4 Å². The fourth-order valence-corrected chi connectivity index (χ4v) is 7.68. The summed E-state index contributed by atoms with van der Waals surface area (Å²) in [7, 11) is -4.12. The van der Waals surface area contributed by atoms with Crippen LogP contribution in [0.2, 0.25) is 10.0 Å². The van der Waals surface area contributed by atoms with E-state index < -0.39 is 27.6 Å². The Morgan fingerprint density at radius 3 is 2.49 bits per heavy atom. The summed E-state index contributed by atoms with van der Waals surface area (Å²) >= 11 is 15.9. The number of esters is 1. The van der Waals surface area contributed by atoms with Gasteiger partial charge in [-0.3, -0.25) is 14.2 Å². The second kappa shape index (κ2) is 10.5. The molecule has 5 rings (SSSR count). The molecule has 1 fully saturated rings. The molecule has 1 amide bonds. The number of benzene rings is 2. The Labute approximate surface area is 244 Å². The van der Waals surface area contributed by atoms with Crippen LogP contribution in [0.1, 0.15) is 32.3 Å². The lowest BCUT2D eigenvalue weighted by atomic mass is 9.92. The Balaban J connectivity index is 1.63. The molecule has 2 aliphatic heterocycles. The van der Waals surface area contributed by atoms with Crippen LogP contribution in [0.3, 0.4) is 0 Å². The van der Waals surface area contributed by atoms with Gasteiger partial charge in [0.1, 0.15) is 11.6 Å². The van der Waals surface area contributed by atoms with Crippen molar-refractivity contribution in [1.82, 2.24) is 13.9 Å². The second-order valence-electron chi connectivity index (χ2n) is 9.81. The van der Waals surface area contributed by atoms with Gasteiger partial charge in [-0.1, -0.05) is 51.3 Å². The molecule has 13 heteroatoms. The molecule has 0 aliphatic carbocycles. The molecule has 39 heavy (non-hydrogen) atoms. The monoisotopic (exact) mass is 654 g/mol. The van der Waals surface area contributed by atoms with Gasteiger partial charge in [0.15, 0.2) is 5.03 Å². The third kappa shape index (κ3) is 5.22. The summed E-state index contributed by atoms with van der Waals surface area (Å²) in [6.07, 6.45) is 2.02. The first-order valence-electron chi connectivity index (χ1n) is 12.2. The number of rotatable bonds is 6. The van der Waals surface area contributed by atoms with Crippen LogP contribution in [-0.2, 0) is 36.3 Å². The van der Waals surface area contributed by atoms with Gasteiger partial charge in [-0.15, -0.1) is 0 Å². The molecule has 3 heterocycles. The first kappa shape index (κ1) is 28.1. The van der Waals surface area contributed by atoms with E-state index in [4.69, 9.17) is 27.9 Å². The van der Waals surface area contributed by atoms with E-state index in [1.807, 2.05) is 24.3 Å². The van der Waals surface area contributed by atoms with Gasteiger partial charge < -0.3 is 4.74 Å². The van der Waals surface area contributed by atoms with Crippen molar-refractivity contribution in [1.29, 1.82) is 0 Å². The number of hydrogen-bond donors (Lipinski definition) is 0. The lowest BCUT2D eigenvalue weighted by molar-refractivity contribution is -0.148. The summed E-state index contributed by atoms with van der Waals surface area (Å²) in [6, 6.07) is 12.2. The van der Waals surface area contributed by atoms with E-state index in [1.54, 1.807) is 25.1 Å². The molecule has 3 aromatic rings. The molecule has 206 valence electrons. The van der Waals surface area contributed by atoms with Gasteiger partial charge in [0, 0.05) is 34.4 Å². The van der Waals surface area contributed by atoms with Crippen molar-refractivity contribution in [2.75, 3.05) is 18.0 Å².